The summed E-state index contributed by atoms with van der Waals surface area (Å²) in [5.74, 6) is 0. The zero-order chi connectivity index (χ0) is 10.5. The quantitative estimate of drug-likeness (QED) is 0.645. The van der Waals surface area contributed by atoms with Crippen molar-refractivity contribution in [3.63, 3.8) is 0 Å². The van der Waals surface area contributed by atoms with Gasteiger partial charge in [-0.2, -0.15) is 5.06 Å². The molecule has 0 spiro atoms. The molecule has 2 rings (SSSR count). The maximum Gasteiger partial charge on any atom is 0.0809 e. The van der Waals surface area contributed by atoms with Crippen LogP contribution >= 0.6 is 0 Å². The van der Waals surface area contributed by atoms with E-state index in [0.29, 0.717) is 6.10 Å². The van der Waals surface area contributed by atoms with Crippen molar-refractivity contribution in [2.45, 2.75) is 76.9 Å². The normalized spacial score (nSPS) is 31.8. The van der Waals surface area contributed by atoms with Gasteiger partial charge in [-0.15, -0.1) is 0 Å². The average Bonchev–Trinajstić information content (AvgIpc) is 2.67. The summed E-state index contributed by atoms with van der Waals surface area (Å²) in [6, 6.07) is 0.759. The summed E-state index contributed by atoms with van der Waals surface area (Å²) >= 11 is 0. The lowest BCUT2D eigenvalue weighted by Gasteiger charge is -2.26. The van der Waals surface area contributed by atoms with E-state index in [1.165, 1.54) is 64.3 Å². The molecule has 0 N–H and O–H groups in total. The zero-order valence-corrected chi connectivity index (χ0v) is 10.1. The third-order valence-electron chi connectivity index (χ3n) is 3.77. The zero-order valence-electron chi connectivity index (χ0n) is 10.1. The van der Waals surface area contributed by atoms with Gasteiger partial charge in [-0.05, 0) is 25.7 Å². The van der Waals surface area contributed by atoms with Crippen molar-refractivity contribution in [1.29, 1.82) is 0 Å². The van der Waals surface area contributed by atoms with E-state index in [-0.39, 0.29) is 0 Å². The lowest BCUT2D eigenvalue weighted by molar-refractivity contribution is -0.172. The van der Waals surface area contributed by atoms with E-state index in [1.54, 1.807) is 0 Å². The highest BCUT2D eigenvalue weighted by molar-refractivity contribution is 4.80. The van der Waals surface area contributed by atoms with Gasteiger partial charge in [0.05, 0.1) is 6.10 Å². The molecular formula is C13H25NO. The van der Waals surface area contributed by atoms with Crippen LogP contribution < -0.4 is 0 Å². The first kappa shape index (κ1) is 11.4. The maximum atomic E-state index is 5.98. The van der Waals surface area contributed by atoms with E-state index in [2.05, 4.69) is 12.0 Å². The minimum atomic E-state index is 0.546. The van der Waals surface area contributed by atoms with E-state index >= 15 is 0 Å². The SMILES string of the molecule is CCCCCCC1CC2CCCCN2O1. The number of fused-ring (bicyclic) bond motifs is 1. The summed E-state index contributed by atoms with van der Waals surface area (Å²) in [6.07, 6.45) is 12.7. The minimum Gasteiger partial charge on any atom is -0.295 e. The fraction of sp³-hybridized carbons (Fsp3) is 1.00. The highest BCUT2D eigenvalue weighted by Gasteiger charge is 2.34. The van der Waals surface area contributed by atoms with E-state index in [1.807, 2.05) is 0 Å². The summed E-state index contributed by atoms with van der Waals surface area (Å²) in [7, 11) is 0. The van der Waals surface area contributed by atoms with Gasteiger partial charge in [0, 0.05) is 12.6 Å². The van der Waals surface area contributed by atoms with Crippen molar-refractivity contribution in [3.8, 4) is 0 Å². The third kappa shape index (κ3) is 3.18. The van der Waals surface area contributed by atoms with E-state index in [0.717, 1.165) is 6.04 Å². The molecule has 0 aliphatic carbocycles. The molecule has 0 aromatic heterocycles. The second kappa shape index (κ2) is 5.86. The van der Waals surface area contributed by atoms with Crippen molar-refractivity contribution < 1.29 is 4.84 Å². The van der Waals surface area contributed by atoms with E-state index in [9.17, 15) is 0 Å². The van der Waals surface area contributed by atoms with Crippen LogP contribution in [0.1, 0.15) is 64.7 Å². The molecule has 0 radical (unpaired) electrons. The lowest BCUT2D eigenvalue weighted by atomic mass is 9.98. The molecule has 2 unspecified atom stereocenters. The molecule has 88 valence electrons. The molecule has 0 aromatic rings. The van der Waals surface area contributed by atoms with Crippen LogP contribution in [0, 0.1) is 0 Å². The van der Waals surface area contributed by atoms with Crippen molar-refractivity contribution in [2.24, 2.45) is 0 Å². The van der Waals surface area contributed by atoms with Crippen LogP contribution in [0.25, 0.3) is 0 Å². The standard InChI is InChI=1S/C13H25NO/c1-2-3-4-5-9-13-11-12-8-6-7-10-14(12)15-13/h12-13H,2-11H2,1H3. The average molecular weight is 211 g/mol. The molecule has 0 saturated carbocycles. The lowest BCUT2D eigenvalue weighted by Crippen LogP contribution is -2.32. The Bertz CT molecular complexity index is 169. The van der Waals surface area contributed by atoms with Crippen LogP contribution in [-0.2, 0) is 4.84 Å². The Balaban J connectivity index is 1.63. The van der Waals surface area contributed by atoms with Gasteiger partial charge in [0.1, 0.15) is 0 Å². The first-order chi connectivity index (χ1) is 7.40. The predicted molar refractivity (Wildman–Crippen MR) is 62.6 cm³/mol. The van der Waals surface area contributed by atoms with Gasteiger partial charge in [0.2, 0.25) is 0 Å². The Morgan fingerprint density at radius 1 is 1.20 bits per heavy atom. The number of rotatable bonds is 5. The molecule has 2 aliphatic heterocycles. The monoisotopic (exact) mass is 211 g/mol. The number of nitrogens with zero attached hydrogens (tertiary/aromatic N) is 1. The molecular weight excluding hydrogens is 186 g/mol. The molecule has 2 heterocycles. The van der Waals surface area contributed by atoms with Gasteiger partial charge in [0.15, 0.2) is 0 Å². The fourth-order valence-corrected chi connectivity index (χ4v) is 2.86. The Hall–Kier alpha value is -0.0800. The Labute approximate surface area is 93.9 Å². The summed E-state index contributed by atoms with van der Waals surface area (Å²) in [5, 5.41) is 2.27. The van der Waals surface area contributed by atoms with Crippen LogP contribution in [0.5, 0.6) is 0 Å². The number of hydrogen-bond acceptors (Lipinski definition) is 2. The minimum absolute atomic E-state index is 0.546. The molecule has 2 nitrogen and oxygen atoms in total. The predicted octanol–water partition coefficient (Wildman–Crippen LogP) is 3.52. The molecule has 0 bridgehead atoms. The second-order valence-corrected chi connectivity index (χ2v) is 5.10. The Morgan fingerprint density at radius 2 is 2.13 bits per heavy atom. The summed E-state index contributed by atoms with van der Waals surface area (Å²) < 4.78 is 0. The van der Waals surface area contributed by atoms with Gasteiger partial charge < -0.3 is 0 Å². The summed E-state index contributed by atoms with van der Waals surface area (Å²) in [6.45, 7) is 3.45. The smallest absolute Gasteiger partial charge is 0.0809 e. The van der Waals surface area contributed by atoms with Gasteiger partial charge in [-0.25, -0.2) is 0 Å². The maximum absolute atomic E-state index is 5.98. The first-order valence-corrected chi connectivity index (χ1v) is 6.83. The third-order valence-corrected chi connectivity index (χ3v) is 3.77. The molecule has 0 amide bonds. The number of hydroxylamine groups is 2. The largest absolute Gasteiger partial charge is 0.295 e. The number of unbranched alkanes of at least 4 members (excludes halogenated alkanes) is 3. The van der Waals surface area contributed by atoms with Crippen molar-refractivity contribution in [1.82, 2.24) is 5.06 Å². The van der Waals surface area contributed by atoms with E-state index in [4.69, 9.17) is 4.84 Å². The van der Waals surface area contributed by atoms with Crippen molar-refractivity contribution in [3.05, 3.63) is 0 Å². The van der Waals surface area contributed by atoms with Crippen LogP contribution in [0.15, 0.2) is 0 Å². The second-order valence-electron chi connectivity index (χ2n) is 5.10. The van der Waals surface area contributed by atoms with E-state index < -0.39 is 0 Å². The highest BCUT2D eigenvalue weighted by Crippen LogP contribution is 2.31. The Kier molecular flexibility index (Phi) is 4.45. The fourth-order valence-electron chi connectivity index (χ4n) is 2.86. The summed E-state index contributed by atoms with van der Waals surface area (Å²) in [4.78, 5) is 5.98. The van der Waals surface area contributed by atoms with Gasteiger partial charge in [-0.1, -0.05) is 39.0 Å². The topological polar surface area (TPSA) is 12.5 Å². The highest BCUT2D eigenvalue weighted by atomic mass is 16.7. The molecule has 2 heteroatoms. The van der Waals surface area contributed by atoms with Gasteiger partial charge in [-0.3, -0.25) is 4.84 Å². The van der Waals surface area contributed by atoms with Gasteiger partial charge >= 0.3 is 0 Å². The van der Waals surface area contributed by atoms with Crippen LogP contribution in [0.4, 0.5) is 0 Å². The molecule has 15 heavy (non-hydrogen) atoms. The van der Waals surface area contributed by atoms with Crippen LogP contribution in [0.3, 0.4) is 0 Å². The Morgan fingerprint density at radius 3 is 2.93 bits per heavy atom. The number of hydrogen-bond donors (Lipinski definition) is 0. The first-order valence-electron chi connectivity index (χ1n) is 6.83. The van der Waals surface area contributed by atoms with Crippen LogP contribution in [0.2, 0.25) is 0 Å². The van der Waals surface area contributed by atoms with Crippen molar-refractivity contribution >= 4 is 0 Å². The number of piperidine rings is 1. The molecule has 2 fully saturated rings. The molecule has 2 saturated heterocycles. The molecule has 2 atom stereocenters. The van der Waals surface area contributed by atoms with Crippen LogP contribution in [-0.4, -0.2) is 23.8 Å². The van der Waals surface area contributed by atoms with Crippen molar-refractivity contribution in [2.75, 3.05) is 6.54 Å². The molecule has 0 aromatic carbocycles. The summed E-state index contributed by atoms with van der Waals surface area (Å²) in [5.41, 5.74) is 0. The molecule has 2 aliphatic rings. The van der Waals surface area contributed by atoms with Gasteiger partial charge in [0.25, 0.3) is 0 Å².